The van der Waals surface area contributed by atoms with Gasteiger partial charge in [-0.1, -0.05) is 0 Å². The van der Waals surface area contributed by atoms with Gasteiger partial charge in [-0.3, -0.25) is 20.4 Å². The van der Waals surface area contributed by atoms with Crippen LogP contribution in [0.3, 0.4) is 0 Å². The number of nitrogens with zero attached hydrogens (tertiary/aromatic N) is 3. The van der Waals surface area contributed by atoms with E-state index in [1.54, 1.807) is 4.57 Å². The molecule has 11 heteroatoms. The Bertz CT molecular complexity index is 1390. The van der Waals surface area contributed by atoms with Gasteiger partial charge in [0.25, 0.3) is 5.91 Å². The molecule has 0 spiro atoms. The number of hydrazine groups is 1. The number of amides is 1. The fraction of sp³-hybridized carbons (Fsp3) is 0.333. The highest BCUT2D eigenvalue weighted by Gasteiger charge is 2.31. The first-order chi connectivity index (χ1) is 16.7. The topological polar surface area (TPSA) is 78.8 Å². The third-order valence-electron chi connectivity index (χ3n) is 6.45. The van der Waals surface area contributed by atoms with Crippen LogP contribution >= 0.6 is 0 Å². The summed E-state index contributed by atoms with van der Waals surface area (Å²) in [7, 11) is 2.00. The summed E-state index contributed by atoms with van der Waals surface area (Å²) in [5, 5.41) is 0.00603. The van der Waals surface area contributed by atoms with Gasteiger partial charge in [-0.25, -0.2) is 13.2 Å². The molecule has 184 valence electrons. The zero-order chi connectivity index (χ0) is 24.9. The molecule has 2 aliphatic rings. The van der Waals surface area contributed by atoms with Crippen molar-refractivity contribution < 1.29 is 22.7 Å². The van der Waals surface area contributed by atoms with E-state index in [2.05, 4.69) is 15.8 Å². The monoisotopic (exact) mass is 487 g/mol. The maximum Gasteiger partial charge on any atom is 0.275 e. The largest absolute Gasteiger partial charge is 0.487 e. The van der Waals surface area contributed by atoms with Crippen LogP contribution in [0.4, 0.5) is 24.5 Å². The number of rotatable bonds is 4. The van der Waals surface area contributed by atoms with E-state index in [0.29, 0.717) is 24.3 Å². The summed E-state index contributed by atoms with van der Waals surface area (Å²) in [6.45, 7) is 4.82. The normalized spacial score (nSPS) is 17.9. The summed E-state index contributed by atoms with van der Waals surface area (Å²) < 4.78 is 50.4. The lowest BCUT2D eigenvalue weighted by Gasteiger charge is -2.37. The van der Waals surface area contributed by atoms with E-state index in [1.165, 1.54) is 6.20 Å². The van der Waals surface area contributed by atoms with Crippen LogP contribution in [-0.2, 0) is 0 Å². The summed E-state index contributed by atoms with van der Waals surface area (Å²) in [5.74, 6) is -2.68. The molecule has 5 rings (SSSR count). The van der Waals surface area contributed by atoms with Crippen molar-refractivity contribution in [2.75, 3.05) is 50.2 Å². The van der Waals surface area contributed by atoms with Crippen LogP contribution in [0.15, 0.2) is 35.3 Å². The number of hydrogen-bond acceptors (Lipinski definition) is 6. The smallest absolute Gasteiger partial charge is 0.275 e. The molecule has 0 unspecified atom stereocenters. The number of aromatic nitrogens is 1. The van der Waals surface area contributed by atoms with Crippen molar-refractivity contribution in [3.63, 3.8) is 0 Å². The number of carbonyl (C=O) groups excluding carboxylic acids is 1. The van der Waals surface area contributed by atoms with E-state index in [9.17, 15) is 18.4 Å². The number of ether oxygens (including phenoxy) is 1. The summed E-state index contributed by atoms with van der Waals surface area (Å²) >= 11 is 0. The van der Waals surface area contributed by atoms with E-state index in [-0.39, 0.29) is 35.0 Å². The lowest BCUT2D eigenvalue weighted by atomic mass is 10.0. The van der Waals surface area contributed by atoms with E-state index >= 15 is 4.39 Å². The molecule has 1 atom stereocenters. The predicted molar refractivity (Wildman–Crippen MR) is 126 cm³/mol. The summed E-state index contributed by atoms with van der Waals surface area (Å²) in [5.41, 5.74) is 3.99. The number of benzene rings is 2. The zero-order valence-corrected chi connectivity index (χ0v) is 19.2. The number of pyridine rings is 1. The Balaban J connectivity index is 1.56. The summed E-state index contributed by atoms with van der Waals surface area (Å²) in [4.78, 5) is 30.2. The molecule has 2 aliphatic heterocycles. The molecule has 1 fully saturated rings. The second kappa shape index (κ2) is 8.81. The highest BCUT2D eigenvalue weighted by molar-refractivity contribution is 6.00. The van der Waals surface area contributed by atoms with Gasteiger partial charge < -0.3 is 19.1 Å². The van der Waals surface area contributed by atoms with E-state index in [0.717, 1.165) is 37.4 Å². The Morgan fingerprint density at radius 2 is 1.83 bits per heavy atom. The van der Waals surface area contributed by atoms with Crippen molar-refractivity contribution in [3.8, 4) is 5.75 Å². The van der Waals surface area contributed by atoms with Crippen molar-refractivity contribution in [2.45, 2.75) is 13.0 Å². The molecule has 35 heavy (non-hydrogen) atoms. The number of piperazine rings is 1. The molecular weight excluding hydrogens is 463 g/mol. The van der Waals surface area contributed by atoms with Crippen LogP contribution in [0.1, 0.15) is 23.3 Å². The first-order valence-corrected chi connectivity index (χ1v) is 11.2. The number of anilines is 2. The fourth-order valence-electron chi connectivity index (χ4n) is 4.48. The van der Waals surface area contributed by atoms with Gasteiger partial charge in [0.2, 0.25) is 5.43 Å². The quantitative estimate of drug-likeness (QED) is 0.551. The van der Waals surface area contributed by atoms with Crippen LogP contribution < -0.4 is 25.9 Å². The molecule has 0 radical (unpaired) electrons. The third kappa shape index (κ3) is 4.05. The summed E-state index contributed by atoms with van der Waals surface area (Å²) in [6.07, 6.45) is 1.39. The second-order valence-electron chi connectivity index (χ2n) is 8.87. The molecule has 8 nitrogen and oxygen atoms in total. The number of hydrogen-bond donors (Lipinski definition) is 2. The zero-order valence-electron chi connectivity index (χ0n) is 19.2. The number of nitrogens with one attached hydrogen (secondary N) is 2. The van der Waals surface area contributed by atoms with Gasteiger partial charge >= 0.3 is 0 Å². The molecule has 0 bridgehead atoms. The van der Waals surface area contributed by atoms with Crippen molar-refractivity contribution >= 4 is 28.2 Å². The minimum atomic E-state index is -0.867. The first kappa shape index (κ1) is 23.0. The van der Waals surface area contributed by atoms with Crippen LogP contribution in [0, 0.1) is 17.5 Å². The Labute approximate surface area is 198 Å². The maximum atomic E-state index is 15.4. The van der Waals surface area contributed by atoms with Gasteiger partial charge in [-0.15, -0.1) is 0 Å². The van der Waals surface area contributed by atoms with Crippen molar-refractivity contribution in [3.05, 3.63) is 63.7 Å². The highest BCUT2D eigenvalue weighted by atomic mass is 19.1. The molecule has 2 N–H and O–H groups in total. The Morgan fingerprint density at radius 3 is 2.57 bits per heavy atom. The molecule has 3 aromatic rings. The van der Waals surface area contributed by atoms with Crippen LogP contribution in [0.25, 0.3) is 10.9 Å². The molecule has 2 aromatic carbocycles. The molecule has 1 amide bonds. The predicted octanol–water partition coefficient (Wildman–Crippen LogP) is 2.88. The molecule has 1 aromatic heterocycles. The number of carbonyl (C=O) groups is 1. The van der Waals surface area contributed by atoms with Gasteiger partial charge in [-0.2, -0.15) is 0 Å². The average Bonchev–Trinajstić information content (AvgIpc) is 2.83. The van der Waals surface area contributed by atoms with Crippen molar-refractivity contribution in [1.82, 2.24) is 14.9 Å². The molecule has 3 heterocycles. The van der Waals surface area contributed by atoms with Crippen molar-refractivity contribution in [2.24, 2.45) is 0 Å². The molecule has 0 saturated carbocycles. The van der Waals surface area contributed by atoms with Crippen LogP contribution in [0.5, 0.6) is 5.75 Å². The molecule has 1 saturated heterocycles. The van der Waals surface area contributed by atoms with Crippen LogP contribution in [0.2, 0.25) is 0 Å². The van der Waals surface area contributed by atoms with E-state index in [1.807, 2.05) is 18.9 Å². The lowest BCUT2D eigenvalue weighted by Crippen LogP contribution is -2.45. The summed E-state index contributed by atoms with van der Waals surface area (Å²) in [6, 6.07) is 3.62. The van der Waals surface area contributed by atoms with Gasteiger partial charge in [0.15, 0.2) is 11.6 Å². The van der Waals surface area contributed by atoms with Gasteiger partial charge in [0.1, 0.15) is 29.5 Å². The SMILES string of the molecule is C[C@H]1COc2c(N3CCN(C)CC3)c(F)cc3c(=O)c(C(=O)NNc4cc(F)ccc4F)cn1c23. The fourth-order valence-corrected chi connectivity index (χ4v) is 4.48. The highest BCUT2D eigenvalue weighted by Crippen LogP contribution is 2.42. The lowest BCUT2D eigenvalue weighted by molar-refractivity contribution is 0.0960. The Morgan fingerprint density at radius 1 is 1.09 bits per heavy atom. The van der Waals surface area contributed by atoms with Crippen LogP contribution in [-0.4, -0.2) is 55.2 Å². The van der Waals surface area contributed by atoms with Gasteiger partial charge in [0, 0.05) is 38.4 Å². The first-order valence-electron chi connectivity index (χ1n) is 11.2. The van der Waals surface area contributed by atoms with Gasteiger partial charge in [-0.05, 0) is 32.2 Å². The van der Waals surface area contributed by atoms with Gasteiger partial charge in [0.05, 0.1) is 22.6 Å². The molecular formula is C24H24F3N5O3. The van der Waals surface area contributed by atoms with E-state index < -0.39 is 28.8 Å². The minimum absolute atomic E-state index is 0.00603. The maximum absolute atomic E-state index is 15.4. The average molecular weight is 487 g/mol. The third-order valence-corrected chi connectivity index (χ3v) is 6.45. The molecule has 0 aliphatic carbocycles. The standard InChI is InChI=1S/C24H24F3N5O3/c1-13-12-35-23-20-15(10-18(27)21(23)31-7-5-30(2)6-8-31)22(33)16(11-32(13)20)24(34)29-28-19-9-14(25)3-4-17(19)26/h3-4,9-11,13,28H,5-8,12H2,1-2H3,(H,29,34)/t13-/m0/s1. The number of halogens is 3. The van der Waals surface area contributed by atoms with Crippen molar-refractivity contribution in [1.29, 1.82) is 0 Å². The minimum Gasteiger partial charge on any atom is -0.487 e. The Hall–Kier alpha value is -3.73. The second-order valence-corrected chi connectivity index (χ2v) is 8.87. The number of likely N-dealkylation sites (N-methyl/N-ethyl adjacent to an activating group) is 1. The van der Waals surface area contributed by atoms with E-state index in [4.69, 9.17) is 4.74 Å². The Kier molecular flexibility index (Phi) is 5.79.